The number of alkyl halides is 3. The van der Waals surface area contributed by atoms with Gasteiger partial charge in [0.15, 0.2) is 0 Å². The van der Waals surface area contributed by atoms with Crippen LogP contribution in [0.2, 0.25) is 0 Å². The Kier molecular flexibility index (Phi) is 7.40. The molecule has 24 heavy (non-hydrogen) atoms. The normalized spacial score (nSPS) is 17.2. The smallest absolute Gasteiger partial charge is 0.416 e. The van der Waals surface area contributed by atoms with Crippen molar-refractivity contribution in [2.24, 2.45) is 5.92 Å². The van der Waals surface area contributed by atoms with Crippen molar-refractivity contribution in [1.29, 1.82) is 0 Å². The van der Waals surface area contributed by atoms with E-state index >= 15 is 0 Å². The summed E-state index contributed by atoms with van der Waals surface area (Å²) in [6.45, 7) is 6.33. The summed E-state index contributed by atoms with van der Waals surface area (Å²) >= 11 is 0. The Morgan fingerprint density at radius 3 is 2.33 bits per heavy atom. The standard InChI is InChI=1S/C19H28F3NO/c1-2-3-4-12-23-13-9-16(10-14-23)11-15-24-18-7-5-17(6-8-18)19(20,21)22/h5-8,16H,2-4,9-15H2,1H3. The van der Waals surface area contributed by atoms with Gasteiger partial charge in [-0.2, -0.15) is 13.2 Å². The van der Waals surface area contributed by atoms with E-state index in [0.717, 1.165) is 31.6 Å². The molecule has 1 heterocycles. The van der Waals surface area contributed by atoms with Gasteiger partial charge in [-0.05, 0) is 75.5 Å². The molecule has 0 radical (unpaired) electrons. The highest BCUT2D eigenvalue weighted by Gasteiger charge is 2.30. The van der Waals surface area contributed by atoms with Crippen LogP contribution in [0.1, 0.15) is 51.0 Å². The molecule has 1 aliphatic rings. The van der Waals surface area contributed by atoms with E-state index in [2.05, 4.69) is 11.8 Å². The van der Waals surface area contributed by atoms with Crippen LogP contribution in [0.25, 0.3) is 0 Å². The van der Waals surface area contributed by atoms with Gasteiger partial charge in [0.2, 0.25) is 0 Å². The molecule has 1 aromatic carbocycles. The SMILES string of the molecule is CCCCCN1CCC(CCOc2ccc(C(F)(F)F)cc2)CC1. The molecule has 136 valence electrons. The van der Waals surface area contributed by atoms with Gasteiger partial charge in [0.05, 0.1) is 12.2 Å². The van der Waals surface area contributed by atoms with E-state index in [0.29, 0.717) is 18.3 Å². The second-order valence-corrected chi connectivity index (χ2v) is 6.65. The van der Waals surface area contributed by atoms with E-state index in [9.17, 15) is 13.2 Å². The van der Waals surface area contributed by atoms with E-state index in [4.69, 9.17) is 4.74 Å². The monoisotopic (exact) mass is 343 g/mol. The van der Waals surface area contributed by atoms with Gasteiger partial charge < -0.3 is 9.64 Å². The maximum Gasteiger partial charge on any atom is 0.416 e. The van der Waals surface area contributed by atoms with Crippen molar-refractivity contribution in [2.75, 3.05) is 26.2 Å². The fourth-order valence-electron chi connectivity index (χ4n) is 3.17. The number of nitrogens with zero attached hydrogens (tertiary/aromatic N) is 1. The maximum absolute atomic E-state index is 12.5. The fourth-order valence-corrected chi connectivity index (χ4v) is 3.17. The van der Waals surface area contributed by atoms with Crippen LogP contribution < -0.4 is 4.74 Å². The summed E-state index contributed by atoms with van der Waals surface area (Å²) in [7, 11) is 0. The van der Waals surface area contributed by atoms with Gasteiger partial charge in [0.1, 0.15) is 5.75 Å². The zero-order valence-corrected chi connectivity index (χ0v) is 14.4. The summed E-state index contributed by atoms with van der Waals surface area (Å²) in [5.74, 6) is 1.18. The van der Waals surface area contributed by atoms with Gasteiger partial charge in [-0.3, -0.25) is 0 Å². The van der Waals surface area contributed by atoms with Gasteiger partial charge in [0, 0.05) is 0 Å². The number of halogens is 3. The molecule has 0 bridgehead atoms. The minimum Gasteiger partial charge on any atom is -0.494 e. The molecule has 1 aliphatic heterocycles. The van der Waals surface area contributed by atoms with Gasteiger partial charge in [0.25, 0.3) is 0 Å². The Hall–Kier alpha value is -1.23. The summed E-state index contributed by atoms with van der Waals surface area (Å²) in [5, 5.41) is 0. The maximum atomic E-state index is 12.5. The molecule has 1 saturated heterocycles. The lowest BCUT2D eigenvalue weighted by Crippen LogP contribution is -2.34. The van der Waals surface area contributed by atoms with Crippen LogP contribution in [0.3, 0.4) is 0 Å². The van der Waals surface area contributed by atoms with E-state index < -0.39 is 11.7 Å². The molecule has 2 nitrogen and oxygen atoms in total. The van der Waals surface area contributed by atoms with E-state index in [-0.39, 0.29) is 0 Å². The molecule has 0 N–H and O–H groups in total. The largest absolute Gasteiger partial charge is 0.494 e. The average Bonchev–Trinajstić information content (AvgIpc) is 2.56. The molecule has 0 atom stereocenters. The number of rotatable bonds is 8. The van der Waals surface area contributed by atoms with E-state index in [1.807, 2.05) is 0 Å². The molecule has 0 spiro atoms. The Morgan fingerprint density at radius 1 is 1.08 bits per heavy atom. The van der Waals surface area contributed by atoms with Gasteiger partial charge in [-0.15, -0.1) is 0 Å². The zero-order chi connectivity index (χ0) is 17.4. The molecule has 0 aliphatic carbocycles. The third kappa shape index (κ3) is 6.34. The molecule has 0 aromatic heterocycles. The predicted octanol–water partition coefficient (Wildman–Crippen LogP) is 5.38. The molecule has 2 rings (SSSR count). The van der Waals surface area contributed by atoms with Crippen LogP contribution in [0.15, 0.2) is 24.3 Å². The van der Waals surface area contributed by atoms with Gasteiger partial charge in [-0.25, -0.2) is 0 Å². The zero-order valence-electron chi connectivity index (χ0n) is 14.4. The number of ether oxygens (including phenoxy) is 1. The highest BCUT2D eigenvalue weighted by molar-refractivity contribution is 5.28. The second kappa shape index (κ2) is 9.30. The molecule has 1 aromatic rings. The molecule has 0 saturated carbocycles. The van der Waals surface area contributed by atoms with Crippen molar-refractivity contribution in [1.82, 2.24) is 4.90 Å². The number of likely N-dealkylation sites (tertiary alicyclic amines) is 1. The van der Waals surface area contributed by atoms with Crippen LogP contribution in [-0.4, -0.2) is 31.1 Å². The summed E-state index contributed by atoms with van der Waals surface area (Å²) in [6.07, 6.45) is 2.94. The van der Waals surface area contributed by atoms with Crippen molar-refractivity contribution in [3.05, 3.63) is 29.8 Å². The first kappa shape index (κ1) is 19.1. The van der Waals surface area contributed by atoms with Crippen molar-refractivity contribution < 1.29 is 17.9 Å². The second-order valence-electron chi connectivity index (χ2n) is 6.65. The number of hydrogen-bond acceptors (Lipinski definition) is 2. The lowest BCUT2D eigenvalue weighted by atomic mass is 9.94. The third-order valence-corrected chi connectivity index (χ3v) is 4.76. The molecule has 1 fully saturated rings. The Morgan fingerprint density at radius 2 is 1.75 bits per heavy atom. The summed E-state index contributed by atoms with van der Waals surface area (Å²) in [5.41, 5.74) is -0.634. The van der Waals surface area contributed by atoms with Crippen LogP contribution in [0, 0.1) is 5.92 Å². The number of unbranched alkanes of at least 4 members (excludes halogenated alkanes) is 2. The lowest BCUT2D eigenvalue weighted by molar-refractivity contribution is -0.137. The Balaban J connectivity index is 1.63. The van der Waals surface area contributed by atoms with E-state index in [1.165, 1.54) is 50.8 Å². The van der Waals surface area contributed by atoms with Crippen molar-refractivity contribution in [2.45, 2.75) is 51.6 Å². The number of benzene rings is 1. The Labute approximate surface area is 143 Å². The Bertz CT molecular complexity index is 464. The minimum atomic E-state index is -4.29. The highest BCUT2D eigenvalue weighted by Crippen LogP contribution is 2.30. The van der Waals surface area contributed by atoms with Gasteiger partial charge in [-0.1, -0.05) is 19.8 Å². The summed E-state index contributed by atoms with van der Waals surface area (Å²) in [6, 6.07) is 4.95. The summed E-state index contributed by atoms with van der Waals surface area (Å²) in [4.78, 5) is 2.54. The van der Waals surface area contributed by atoms with Crippen molar-refractivity contribution >= 4 is 0 Å². The minimum absolute atomic E-state index is 0.514. The van der Waals surface area contributed by atoms with Crippen LogP contribution in [0.5, 0.6) is 5.75 Å². The summed E-state index contributed by atoms with van der Waals surface area (Å²) < 4.78 is 43.1. The lowest BCUT2D eigenvalue weighted by Gasteiger charge is -2.31. The molecule has 0 unspecified atom stereocenters. The number of piperidine rings is 1. The van der Waals surface area contributed by atoms with E-state index in [1.54, 1.807) is 0 Å². The topological polar surface area (TPSA) is 12.5 Å². The molecule has 0 amide bonds. The first-order valence-electron chi connectivity index (χ1n) is 9.01. The van der Waals surface area contributed by atoms with Gasteiger partial charge >= 0.3 is 6.18 Å². The fraction of sp³-hybridized carbons (Fsp3) is 0.684. The van der Waals surface area contributed by atoms with Crippen LogP contribution in [0.4, 0.5) is 13.2 Å². The first-order chi connectivity index (χ1) is 11.5. The predicted molar refractivity (Wildman–Crippen MR) is 90.2 cm³/mol. The molecular weight excluding hydrogens is 315 g/mol. The molecule has 5 heteroatoms. The van der Waals surface area contributed by atoms with Crippen LogP contribution in [-0.2, 0) is 6.18 Å². The first-order valence-corrected chi connectivity index (χ1v) is 9.01. The third-order valence-electron chi connectivity index (χ3n) is 4.76. The number of hydrogen-bond donors (Lipinski definition) is 0. The van der Waals surface area contributed by atoms with Crippen molar-refractivity contribution in [3.63, 3.8) is 0 Å². The highest BCUT2D eigenvalue weighted by atomic mass is 19.4. The van der Waals surface area contributed by atoms with Crippen LogP contribution >= 0.6 is 0 Å². The van der Waals surface area contributed by atoms with Crippen molar-refractivity contribution in [3.8, 4) is 5.75 Å². The average molecular weight is 343 g/mol. The quantitative estimate of drug-likeness (QED) is 0.588. The molecular formula is C19H28F3NO.